The third kappa shape index (κ3) is 5.67. The van der Waals surface area contributed by atoms with Gasteiger partial charge < -0.3 is 25.0 Å². The molecule has 0 fully saturated rings. The van der Waals surface area contributed by atoms with E-state index in [2.05, 4.69) is 58.9 Å². The number of nitrogens with one attached hydrogen (secondary N) is 2. The van der Waals surface area contributed by atoms with Crippen LogP contribution in [-0.2, 0) is 6.54 Å². The molecule has 154 valence electrons. The lowest BCUT2D eigenvalue weighted by Crippen LogP contribution is -2.30. The van der Waals surface area contributed by atoms with Crippen molar-refractivity contribution in [3.05, 3.63) is 60.2 Å². The average molecular weight is 395 g/mol. The molecule has 0 radical (unpaired) electrons. The zero-order valence-corrected chi connectivity index (χ0v) is 17.4. The van der Waals surface area contributed by atoms with Crippen LogP contribution in [0.1, 0.15) is 19.4 Å². The Hall–Kier alpha value is -3.15. The van der Waals surface area contributed by atoms with Crippen LogP contribution in [0.2, 0.25) is 0 Å². The molecule has 29 heavy (non-hydrogen) atoms. The first-order valence-corrected chi connectivity index (χ1v) is 10.1. The van der Waals surface area contributed by atoms with Crippen LogP contribution in [0.4, 0.5) is 11.4 Å². The predicted molar refractivity (Wildman–Crippen MR) is 120 cm³/mol. The zero-order chi connectivity index (χ0) is 20.5. The number of nitrogens with zero attached hydrogens (tertiary/aromatic N) is 2. The summed E-state index contributed by atoms with van der Waals surface area (Å²) >= 11 is 0. The molecule has 1 heterocycles. The van der Waals surface area contributed by atoms with Crippen molar-refractivity contribution in [3.63, 3.8) is 0 Å². The molecule has 0 amide bonds. The summed E-state index contributed by atoms with van der Waals surface area (Å²) in [6, 6.07) is 14.4. The highest BCUT2D eigenvalue weighted by molar-refractivity contribution is 5.93. The predicted octanol–water partition coefficient (Wildman–Crippen LogP) is 4.05. The number of benzene rings is 2. The Bertz CT molecular complexity index is 838. The van der Waals surface area contributed by atoms with Crippen LogP contribution in [0.3, 0.4) is 0 Å². The number of anilines is 2. The summed E-state index contributed by atoms with van der Waals surface area (Å²) < 4.78 is 11.0. The van der Waals surface area contributed by atoms with E-state index in [9.17, 15) is 0 Å². The van der Waals surface area contributed by atoms with Crippen molar-refractivity contribution in [2.24, 2.45) is 4.99 Å². The Balaban J connectivity index is 1.66. The Morgan fingerprint density at radius 1 is 1.03 bits per heavy atom. The van der Waals surface area contributed by atoms with E-state index in [1.807, 2.05) is 25.1 Å². The van der Waals surface area contributed by atoms with E-state index in [0.29, 0.717) is 18.9 Å². The molecule has 0 aliphatic carbocycles. The standard InChI is InChI=1S/C23H30N4O2/c1-4-24-23(26-19-10-13-21(29-5-2)22(16-19)28-3)25-17-18-8-11-20(12-9-18)27-14-6-7-15-27/h6-13,16H,4-5,14-15,17H2,1-3H3,(H2,24,25,26). The molecule has 1 aliphatic heterocycles. The van der Waals surface area contributed by atoms with Crippen LogP contribution < -0.4 is 25.0 Å². The number of rotatable bonds is 8. The minimum atomic E-state index is 0.598. The maximum Gasteiger partial charge on any atom is 0.196 e. The Morgan fingerprint density at radius 2 is 1.79 bits per heavy atom. The smallest absolute Gasteiger partial charge is 0.196 e. The van der Waals surface area contributed by atoms with E-state index in [0.717, 1.165) is 37.0 Å². The van der Waals surface area contributed by atoms with E-state index in [4.69, 9.17) is 14.5 Å². The molecule has 0 atom stereocenters. The number of aliphatic imine (C=N–C) groups is 1. The average Bonchev–Trinajstić information content (AvgIpc) is 3.29. The lowest BCUT2D eigenvalue weighted by molar-refractivity contribution is 0.311. The quantitative estimate of drug-likeness (QED) is 0.402. The van der Waals surface area contributed by atoms with Crippen LogP contribution in [0, 0.1) is 0 Å². The highest BCUT2D eigenvalue weighted by Gasteiger charge is 2.08. The van der Waals surface area contributed by atoms with Crippen molar-refractivity contribution in [1.82, 2.24) is 5.32 Å². The fourth-order valence-electron chi connectivity index (χ4n) is 3.14. The van der Waals surface area contributed by atoms with Gasteiger partial charge in [-0.2, -0.15) is 0 Å². The maximum absolute atomic E-state index is 5.58. The number of guanidine groups is 1. The normalized spacial score (nSPS) is 13.5. The molecule has 1 aliphatic rings. The number of methoxy groups -OCH3 is 1. The SMILES string of the molecule is CCNC(=NCc1ccc(N2CC=CC2)cc1)Nc1ccc(OCC)c(OC)c1. The van der Waals surface area contributed by atoms with Gasteiger partial charge >= 0.3 is 0 Å². The minimum absolute atomic E-state index is 0.598. The van der Waals surface area contributed by atoms with E-state index in [-0.39, 0.29) is 0 Å². The summed E-state index contributed by atoms with van der Waals surface area (Å²) in [7, 11) is 1.64. The fraction of sp³-hybridized carbons (Fsp3) is 0.348. The van der Waals surface area contributed by atoms with Crippen molar-refractivity contribution in [1.29, 1.82) is 0 Å². The van der Waals surface area contributed by atoms with Crippen molar-refractivity contribution >= 4 is 17.3 Å². The van der Waals surface area contributed by atoms with Gasteiger partial charge in [0.2, 0.25) is 0 Å². The monoisotopic (exact) mass is 394 g/mol. The van der Waals surface area contributed by atoms with Gasteiger partial charge in [0.25, 0.3) is 0 Å². The summed E-state index contributed by atoms with van der Waals surface area (Å²) in [6.07, 6.45) is 4.39. The highest BCUT2D eigenvalue weighted by Crippen LogP contribution is 2.30. The van der Waals surface area contributed by atoms with Gasteiger partial charge in [0.15, 0.2) is 17.5 Å². The second-order valence-corrected chi connectivity index (χ2v) is 6.66. The van der Waals surface area contributed by atoms with Crippen molar-refractivity contribution in [2.45, 2.75) is 20.4 Å². The summed E-state index contributed by atoms with van der Waals surface area (Å²) in [6.45, 7) is 7.95. The molecule has 0 bridgehead atoms. The summed E-state index contributed by atoms with van der Waals surface area (Å²) in [5.74, 6) is 2.15. The van der Waals surface area contributed by atoms with E-state index in [1.54, 1.807) is 7.11 Å². The van der Waals surface area contributed by atoms with E-state index < -0.39 is 0 Å². The largest absolute Gasteiger partial charge is 0.493 e. The van der Waals surface area contributed by atoms with Crippen LogP contribution in [0.15, 0.2) is 59.6 Å². The molecule has 6 heteroatoms. The van der Waals surface area contributed by atoms with Crippen molar-refractivity contribution in [3.8, 4) is 11.5 Å². The Morgan fingerprint density at radius 3 is 2.45 bits per heavy atom. The second kappa shape index (κ2) is 10.4. The van der Waals surface area contributed by atoms with Crippen LogP contribution in [0.5, 0.6) is 11.5 Å². The van der Waals surface area contributed by atoms with E-state index in [1.165, 1.54) is 11.3 Å². The molecule has 0 aromatic heterocycles. The van der Waals surface area contributed by atoms with Gasteiger partial charge in [-0.3, -0.25) is 0 Å². The number of hydrogen-bond acceptors (Lipinski definition) is 4. The summed E-state index contributed by atoms with van der Waals surface area (Å²) in [5, 5.41) is 6.62. The molecule has 0 saturated carbocycles. The van der Waals surface area contributed by atoms with Gasteiger partial charge in [-0.05, 0) is 43.7 Å². The first kappa shape index (κ1) is 20.6. The molecule has 0 spiro atoms. The lowest BCUT2D eigenvalue weighted by Gasteiger charge is -2.17. The Kier molecular flexibility index (Phi) is 7.39. The first-order valence-electron chi connectivity index (χ1n) is 10.1. The molecular weight excluding hydrogens is 364 g/mol. The lowest BCUT2D eigenvalue weighted by atomic mass is 10.2. The molecule has 2 aromatic rings. The maximum atomic E-state index is 5.58. The van der Waals surface area contributed by atoms with Gasteiger partial charge in [0.05, 0.1) is 20.3 Å². The van der Waals surface area contributed by atoms with Crippen molar-refractivity contribution in [2.75, 3.05) is 43.6 Å². The number of hydrogen-bond donors (Lipinski definition) is 2. The van der Waals surface area contributed by atoms with Crippen molar-refractivity contribution < 1.29 is 9.47 Å². The number of ether oxygens (including phenoxy) is 2. The van der Waals surface area contributed by atoms with Gasteiger partial charge in [0.1, 0.15) is 0 Å². The highest BCUT2D eigenvalue weighted by atomic mass is 16.5. The third-order valence-electron chi connectivity index (χ3n) is 4.61. The molecule has 0 unspecified atom stereocenters. The van der Waals surface area contributed by atoms with Crippen LogP contribution >= 0.6 is 0 Å². The molecule has 6 nitrogen and oxygen atoms in total. The zero-order valence-electron chi connectivity index (χ0n) is 17.4. The van der Waals surface area contributed by atoms with E-state index >= 15 is 0 Å². The topological polar surface area (TPSA) is 58.1 Å². The summed E-state index contributed by atoms with van der Waals surface area (Å²) in [4.78, 5) is 7.05. The Labute approximate surface area is 173 Å². The van der Waals surface area contributed by atoms with Gasteiger partial charge in [0, 0.05) is 37.1 Å². The summed E-state index contributed by atoms with van der Waals surface area (Å²) in [5.41, 5.74) is 3.30. The molecule has 2 N–H and O–H groups in total. The van der Waals surface area contributed by atoms with Gasteiger partial charge in [-0.25, -0.2) is 4.99 Å². The van der Waals surface area contributed by atoms with Crippen LogP contribution in [0.25, 0.3) is 0 Å². The minimum Gasteiger partial charge on any atom is -0.493 e. The van der Waals surface area contributed by atoms with Gasteiger partial charge in [-0.1, -0.05) is 24.3 Å². The first-order chi connectivity index (χ1) is 14.2. The molecule has 0 saturated heterocycles. The van der Waals surface area contributed by atoms with Gasteiger partial charge in [-0.15, -0.1) is 0 Å². The molecule has 3 rings (SSSR count). The van der Waals surface area contributed by atoms with Crippen LogP contribution in [-0.4, -0.2) is 39.3 Å². The fourth-order valence-corrected chi connectivity index (χ4v) is 3.14. The third-order valence-corrected chi connectivity index (χ3v) is 4.61. The second-order valence-electron chi connectivity index (χ2n) is 6.66. The molecule has 2 aromatic carbocycles. The molecular formula is C23H30N4O2.